The highest BCUT2D eigenvalue weighted by Crippen LogP contribution is 2.27. The quantitative estimate of drug-likeness (QED) is 0.906. The minimum absolute atomic E-state index is 0.230. The molecular formula is C11H12FN3OS. The zero-order chi connectivity index (χ0) is 12.3. The van der Waals surface area contributed by atoms with E-state index < -0.39 is 5.82 Å². The van der Waals surface area contributed by atoms with Gasteiger partial charge in [0.15, 0.2) is 11.6 Å². The Morgan fingerprint density at radius 1 is 1.41 bits per heavy atom. The van der Waals surface area contributed by atoms with Crippen LogP contribution >= 0.6 is 11.3 Å². The zero-order valence-electron chi connectivity index (χ0n) is 9.53. The standard InChI is InChI=1S/C11H12FN3OS/c1-13-6-10-14-15-11(17-10)7-3-4-9(16-2)8(12)5-7/h3-5,13H,6H2,1-2H3. The average Bonchev–Trinajstić information content (AvgIpc) is 2.78. The van der Waals surface area contributed by atoms with Crippen LogP contribution < -0.4 is 10.1 Å². The van der Waals surface area contributed by atoms with Gasteiger partial charge in [0.1, 0.15) is 10.0 Å². The van der Waals surface area contributed by atoms with Gasteiger partial charge in [0.25, 0.3) is 0 Å². The Kier molecular flexibility index (Phi) is 3.65. The van der Waals surface area contributed by atoms with Crippen molar-refractivity contribution in [2.24, 2.45) is 0 Å². The first-order valence-corrected chi connectivity index (χ1v) is 5.87. The Morgan fingerprint density at radius 2 is 2.24 bits per heavy atom. The third-order valence-electron chi connectivity index (χ3n) is 2.19. The summed E-state index contributed by atoms with van der Waals surface area (Å²) in [7, 11) is 3.28. The van der Waals surface area contributed by atoms with Gasteiger partial charge in [-0.25, -0.2) is 4.39 Å². The first-order chi connectivity index (χ1) is 8.24. The molecule has 1 heterocycles. The van der Waals surface area contributed by atoms with Crippen LogP contribution in [0.25, 0.3) is 10.6 Å². The molecule has 90 valence electrons. The van der Waals surface area contributed by atoms with Crippen molar-refractivity contribution >= 4 is 11.3 Å². The number of hydrogen-bond donors (Lipinski definition) is 1. The Hall–Kier alpha value is -1.53. The van der Waals surface area contributed by atoms with Crippen molar-refractivity contribution in [2.45, 2.75) is 6.54 Å². The summed E-state index contributed by atoms with van der Waals surface area (Å²) < 4.78 is 18.4. The molecule has 17 heavy (non-hydrogen) atoms. The summed E-state index contributed by atoms with van der Waals surface area (Å²) in [6.07, 6.45) is 0. The summed E-state index contributed by atoms with van der Waals surface area (Å²) in [5, 5.41) is 12.6. The van der Waals surface area contributed by atoms with Crippen LogP contribution in [0.4, 0.5) is 4.39 Å². The molecule has 0 aliphatic heterocycles. The van der Waals surface area contributed by atoms with Crippen LogP contribution in [0.5, 0.6) is 5.75 Å². The maximum absolute atomic E-state index is 13.5. The number of rotatable bonds is 4. The number of methoxy groups -OCH3 is 1. The Labute approximate surface area is 102 Å². The molecule has 6 heteroatoms. The summed E-state index contributed by atoms with van der Waals surface area (Å²) in [5.74, 6) is -0.163. The van der Waals surface area contributed by atoms with Crippen LogP contribution in [0.2, 0.25) is 0 Å². The van der Waals surface area contributed by atoms with E-state index in [0.29, 0.717) is 17.1 Å². The van der Waals surface area contributed by atoms with Crippen LogP contribution in [0, 0.1) is 5.82 Å². The molecule has 0 fully saturated rings. The van der Waals surface area contributed by atoms with E-state index in [1.807, 2.05) is 7.05 Å². The third-order valence-corrected chi connectivity index (χ3v) is 3.17. The predicted octanol–water partition coefficient (Wildman–Crippen LogP) is 2.07. The van der Waals surface area contributed by atoms with E-state index >= 15 is 0 Å². The molecule has 0 bridgehead atoms. The fourth-order valence-corrected chi connectivity index (χ4v) is 2.24. The number of nitrogens with one attached hydrogen (secondary N) is 1. The lowest BCUT2D eigenvalue weighted by atomic mass is 10.2. The van der Waals surface area contributed by atoms with Gasteiger partial charge in [0, 0.05) is 12.1 Å². The van der Waals surface area contributed by atoms with Gasteiger partial charge in [-0.3, -0.25) is 0 Å². The van der Waals surface area contributed by atoms with Crippen molar-refractivity contribution in [2.75, 3.05) is 14.2 Å². The molecule has 0 amide bonds. The molecule has 0 aliphatic rings. The molecular weight excluding hydrogens is 241 g/mol. The summed E-state index contributed by atoms with van der Waals surface area (Å²) in [5.41, 5.74) is 0.711. The van der Waals surface area contributed by atoms with E-state index in [2.05, 4.69) is 15.5 Å². The molecule has 0 spiro atoms. The highest BCUT2D eigenvalue weighted by Gasteiger charge is 2.09. The summed E-state index contributed by atoms with van der Waals surface area (Å²) >= 11 is 1.44. The second-order valence-electron chi connectivity index (χ2n) is 3.38. The fraction of sp³-hybridized carbons (Fsp3) is 0.273. The van der Waals surface area contributed by atoms with Crippen molar-refractivity contribution in [3.63, 3.8) is 0 Å². The van der Waals surface area contributed by atoms with E-state index in [-0.39, 0.29) is 5.75 Å². The zero-order valence-corrected chi connectivity index (χ0v) is 10.3. The third kappa shape index (κ3) is 2.59. The Bertz CT molecular complexity index is 515. The van der Waals surface area contributed by atoms with E-state index in [0.717, 1.165) is 5.01 Å². The molecule has 1 aromatic heterocycles. The summed E-state index contributed by atoms with van der Waals surface area (Å²) in [4.78, 5) is 0. The highest BCUT2D eigenvalue weighted by atomic mass is 32.1. The van der Waals surface area contributed by atoms with E-state index in [1.54, 1.807) is 12.1 Å². The number of hydrogen-bond acceptors (Lipinski definition) is 5. The highest BCUT2D eigenvalue weighted by molar-refractivity contribution is 7.14. The van der Waals surface area contributed by atoms with Gasteiger partial charge in [-0.1, -0.05) is 11.3 Å². The summed E-state index contributed by atoms with van der Waals surface area (Å²) in [6, 6.07) is 4.76. The van der Waals surface area contributed by atoms with Gasteiger partial charge in [0.2, 0.25) is 0 Å². The first-order valence-electron chi connectivity index (χ1n) is 5.05. The van der Waals surface area contributed by atoms with Gasteiger partial charge >= 0.3 is 0 Å². The Morgan fingerprint density at radius 3 is 2.88 bits per heavy atom. The molecule has 1 aromatic carbocycles. The number of nitrogens with zero attached hydrogens (tertiary/aromatic N) is 2. The number of ether oxygens (including phenoxy) is 1. The molecule has 2 aromatic rings. The lowest BCUT2D eigenvalue weighted by Crippen LogP contribution is -2.04. The predicted molar refractivity (Wildman–Crippen MR) is 64.6 cm³/mol. The SMILES string of the molecule is CNCc1nnc(-c2ccc(OC)c(F)c2)s1. The largest absolute Gasteiger partial charge is 0.494 e. The van der Waals surface area contributed by atoms with Gasteiger partial charge in [-0.2, -0.15) is 0 Å². The molecule has 4 nitrogen and oxygen atoms in total. The maximum atomic E-state index is 13.5. The topological polar surface area (TPSA) is 47.0 Å². The van der Waals surface area contributed by atoms with Crippen molar-refractivity contribution in [1.29, 1.82) is 0 Å². The number of halogens is 1. The second kappa shape index (κ2) is 5.20. The molecule has 0 unspecified atom stereocenters. The maximum Gasteiger partial charge on any atom is 0.165 e. The monoisotopic (exact) mass is 253 g/mol. The molecule has 2 rings (SSSR count). The smallest absolute Gasteiger partial charge is 0.165 e. The molecule has 0 saturated heterocycles. The van der Waals surface area contributed by atoms with Crippen molar-refractivity contribution in [3.8, 4) is 16.3 Å². The van der Waals surface area contributed by atoms with Gasteiger partial charge in [0.05, 0.1) is 7.11 Å². The second-order valence-corrected chi connectivity index (χ2v) is 4.44. The molecule has 1 N–H and O–H groups in total. The van der Waals surface area contributed by atoms with Gasteiger partial charge < -0.3 is 10.1 Å². The molecule has 0 radical (unpaired) electrons. The molecule has 0 aliphatic carbocycles. The van der Waals surface area contributed by atoms with Crippen molar-refractivity contribution < 1.29 is 9.13 Å². The van der Waals surface area contributed by atoms with Crippen LogP contribution in [0.15, 0.2) is 18.2 Å². The fourth-order valence-electron chi connectivity index (χ4n) is 1.39. The average molecular weight is 253 g/mol. The number of benzene rings is 1. The van der Waals surface area contributed by atoms with Gasteiger partial charge in [-0.05, 0) is 25.2 Å². The minimum Gasteiger partial charge on any atom is -0.494 e. The first kappa shape index (κ1) is 11.9. The number of aromatic nitrogens is 2. The van der Waals surface area contributed by atoms with Crippen molar-refractivity contribution in [1.82, 2.24) is 15.5 Å². The van der Waals surface area contributed by atoms with E-state index in [4.69, 9.17) is 4.74 Å². The van der Waals surface area contributed by atoms with E-state index in [9.17, 15) is 4.39 Å². The minimum atomic E-state index is -0.393. The normalized spacial score (nSPS) is 10.5. The van der Waals surface area contributed by atoms with Gasteiger partial charge in [-0.15, -0.1) is 10.2 Å². The van der Waals surface area contributed by atoms with Crippen LogP contribution in [-0.4, -0.2) is 24.4 Å². The molecule has 0 atom stereocenters. The Balaban J connectivity index is 2.29. The lowest BCUT2D eigenvalue weighted by Gasteiger charge is -2.02. The van der Waals surface area contributed by atoms with E-state index in [1.165, 1.54) is 24.5 Å². The lowest BCUT2D eigenvalue weighted by molar-refractivity contribution is 0.386. The van der Waals surface area contributed by atoms with Crippen molar-refractivity contribution in [3.05, 3.63) is 29.0 Å². The summed E-state index contributed by atoms with van der Waals surface area (Å²) in [6.45, 7) is 0.663. The van der Waals surface area contributed by atoms with Crippen LogP contribution in [-0.2, 0) is 6.54 Å². The molecule has 0 saturated carbocycles. The van der Waals surface area contributed by atoms with Crippen LogP contribution in [0.1, 0.15) is 5.01 Å². The van der Waals surface area contributed by atoms with Crippen LogP contribution in [0.3, 0.4) is 0 Å².